The van der Waals surface area contributed by atoms with Crippen molar-refractivity contribution < 1.29 is 9.47 Å². The first-order valence-corrected chi connectivity index (χ1v) is 6.98. The Labute approximate surface area is 115 Å². The molecule has 1 heterocycles. The first-order chi connectivity index (χ1) is 9.17. The molecule has 106 valence electrons. The van der Waals surface area contributed by atoms with E-state index in [-0.39, 0.29) is 0 Å². The van der Waals surface area contributed by atoms with Gasteiger partial charge in [-0.15, -0.1) is 0 Å². The van der Waals surface area contributed by atoms with Gasteiger partial charge in [0.05, 0.1) is 25.5 Å². The van der Waals surface area contributed by atoms with Crippen LogP contribution in [0, 0.1) is 19.8 Å². The standard InChI is InChI=1S/C15H24N2O2/c1-10-8-17-13(11(2)15(10)18-3)9-19-14-6-4-5-12(14)7-16/h8,12,14H,4-7,9,16H2,1-3H3. The van der Waals surface area contributed by atoms with Gasteiger partial charge in [-0.05, 0) is 39.2 Å². The highest BCUT2D eigenvalue weighted by atomic mass is 16.5. The van der Waals surface area contributed by atoms with Gasteiger partial charge >= 0.3 is 0 Å². The first-order valence-electron chi connectivity index (χ1n) is 6.98. The topological polar surface area (TPSA) is 57.4 Å². The van der Waals surface area contributed by atoms with Crippen LogP contribution in [0.3, 0.4) is 0 Å². The van der Waals surface area contributed by atoms with Crippen LogP contribution >= 0.6 is 0 Å². The van der Waals surface area contributed by atoms with Crippen molar-refractivity contribution in [3.63, 3.8) is 0 Å². The third-order valence-corrected chi connectivity index (χ3v) is 4.08. The number of hydrogen-bond donors (Lipinski definition) is 1. The number of ether oxygens (including phenoxy) is 2. The van der Waals surface area contributed by atoms with E-state index in [1.54, 1.807) is 7.11 Å². The summed E-state index contributed by atoms with van der Waals surface area (Å²) in [5.41, 5.74) is 8.87. The summed E-state index contributed by atoms with van der Waals surface area (Å²) >= 11 is 0. The Bertz CT molecular complexity index is 434. The molecule has 1 aromatic rings. The Morgan fingerprint density at radius 1 is 1.37 bits per heavy atom. The van der Waals surface area contributed by atoms with Crippen molar-refractivity contribution in [3.8, 4) is 5.75 Å². The van der Waals surface area contributed by atoms with Crippen molar-refractivity contribution in [2.75, 3.05) is 13.7 Å². The van der Waals surface area contributed by atoms with Crippen LogP contribution in [-0.4, -0.2) is 24.7 Å². The number of aryl methyl sites for hydroxylation is 1. The molecule has 0 spiro atoms. The van der Waals surface area contributed by atoms with Crippen LogP contribution in [-0.2, 0) is 11.3 Å². The summed E-state index contributed by atoms with van der Waals surface area (Å²) in [6.07, 6.45) is 5.66. The lowest BCUT2D eigenvalue weighted by molar-refractivity contribution is 0.0162. The molecule has 2 unspecified atom stereocenters. The SMILES string of the molecule is COc1c(C)cnc(COC2CCCC2CN)c1C. The number of pyridine rings is 1. The Morgan fingerprint density at radius 3 is 2.84 bits per heavy atom. The fourth-order valence-electron chi connectivity index (χ4n) is 2.89. The number of aromatic nitrogens is 1. The minimum atomic E-state index is 0.290. The maximum atomic E-state index is 6.01. The summed E-state index contributed by atoms with van der Waals surface area (Å²) in [7, 11) is 1.70. The van der Waals surface area contributed by atoms with Gasteiger partial charge in [-0.2, -0.15) is 0 Å². The van der Waals surface area contributed by atoms with Crippen LogP contribution in [0.2, 0.25) is 0 Å². The van der Waals surface area contributed by atoms with Gasteiger partial charge < -0.3 is 15.2 Å². The smallest absolute Gasteiger partial charge is 0.128 e. The van der Waals surface area contributed by atoms with Gasteiger partial charge in [-0.25, -0.2) is 0 Å². The predicted octanol–water partition coefficient (Wildman–Crippen LogP) is 2.35. The van der Waals surface area contributed by atoms with E-state index in [9.17, 15) is 0 Å². The molecular weight excluding hydrogens is 240 g/mol. The minimum absolute atomic E-state index is 0.290. The summed E-state index contributed by atoms with van der Waals surface area (Å²) in [6, 6.07) is 0. The van der Waals surface area contributed by atoms with E-state index in [2.05, 4.69) is 4.98 Å². The van der Waals surface area contributed by atoms with Crippen LogP contribution in [0.4, 0.5) is 0 Å². The number of nitrogens with two attached hydrogens (primary N) is 1. The van der Waals surface area contributed by atoms with E-state index in [1.807, 2.05) is 20.0 Å². The summed E-state index contributed by atoms with van der Waals surface area (Å²) in [5, 5.41) is 0. The molecule has 0 aromatic carbocycles. The zero-order chi connectivity index (χ0) is 13.8. The normalized spacial score (nSPS) is 22.7. The molecule has 1 saturated carbocycles. The van der Waals surface area contributed by atoms with E-state index in [0.717, 1.165) is 29.0 Å². The second-order valence-electron chi connectivity index (χ2n) is 5.32. The monoisotopic (exact) mass is 264 g/mol. The Hall–Kier alpha value is -1.13. The third kappa shape index (κ3) is 3.07. The lowest BCUT2D eigenvalue weighted by Crippen LogP contribution is -2.25. The van der Waals surface area contributed by atoms with Crippen molar-refractivity contribution in [2.45, 2.75) is 45.8 Å². The highest BCUT2D eigenvalue weighted by molar-refractivity contribution is 5.40. The molecule has 2 N–H and O–H groups in total. The minimum Gasteiger partial charge on any atom is -0.496 e. The van der Waals surface area contributed by atoms with Crippen molar-refractivity contribution in [1.29, 1.82) is 0 Å². The van der Waals surface area contributed by atoms with Crippen LogP contribution in [0.5, 0.6) is 5.75 Å². The fraction of sp³-hybridized carbons (Fsp3) is 0.667. The lowest BCUT2D eigenvalue weighted by Gasteiger charge is -2.19. The summed E-state index contributed by atoms with van der Waals surface area (Å²) in [6.45, 7) is 5.30. The van der Waals surface area contributed by atoms with E-state index >= 15 is 0 Å². The van der Waals surface area contributed by atoms with Gasteiger partial charge in [0.15, 0.2) is 0 Å². The second-order valence-corrected chi connectivity index (χ2v) is 5.32. The van der Waals surface area contributed by atoms with E-state index in [0.29, 0.717) is 25.2 Å². The molecule has 19 heavy (non-hydrogen) atoms. The average molecular weight is 264 g/mol. The van der Waals surface area contributed by atoms with Crippen LogP contribution in [0.1, 0.15) is 36.1 Å². The summed E-state index contributed by atoms with van der Waals surface area (Å²) < 4.78 is 11.4. The van der Waals surface area contributed by atoms with Crippen molar-refractivity contribution in [2.24, 2.45) is 11.7 Å². The van der Waals surface area contributed by atoms with Gasteiger partial charge in [0.25, 0.3) is 0 Å². The van der Waals surface area contributed by atoms with E-state index < -0.39 is 0 Å². The van der Waals surface area contributed by atoms with Gasteiger partial charge in [0.2, 0.25) is 0 Å². The molecule has 1 aliphatic rings. The van der Waals surface area contributed by atoms with Crippen molar-refractivity contribution in [1.82, 2.24) is 4.98 Å². The second kappa shape index (κ2) is 6.35. The molecule has 0 aliphatic heterocycles. The molecule has 1 aromatic heterocycles. The molecule has 0 radical (unpaired) electrons. The third-order valence-electron chi connectivity index (χ3n) is 4.08. The Balaban J connectivity index is 2.03. The maximum Gasteiger partial charge on any atom is 0.128 e. The van der Waals surface area contributed by atoms with Crippen LogP contribution in [0.25, 0.3) is 0 Å². The van der Waals surface area contributed by atoms with Crippen molar-refractivity contribution >= 4 is 0 Å². The highest BCUT2D eigenvalue weighted by Crippen LogP contribution is 2.29. The molecule has 0 bridgehead atoms. The molecule has 4 nitrogen and oxygen atoms in total. The van der Waals surface area contributed by atoms with E-state index in [4.69, 9.17) is 15.2 Å². The maximum absolute atomic E-state index is 6.01. The average Bonchev–Trinajstić information content (AvgIpc) is 2.86. The molecule has 1 fully saturated rings. The molecule has 1 aliphatic carbocycles. The first kappa shape index (κ1) is 14.3. The number of rotatable bonds is 5. The van der Waals surface area contributed by atoms with E-state index in [1.165, 1.54) is 12.8 Å². The molecule has 2 atom stereocenters. The molecule has 0 saturated heterocycles. The zero-order valence-electron chi connectivity index (χ0n) is 12.1. The summed E-state index contributed by atoms with van der Waals surface area (Å²) in [5.74, 6) is 1.42. The highest BCUT2D eigenvalue weighted by Gasteiger charge is 2.27. The molecule has 4 heteroatoms. The van der Waals surface area contributed by atoms with Crippen LogP contribution in [0.15, 0.2) is 6.20 Å². The number of nitrogens with zero attached hydrogens (tertiary/aromatic N) is 1. The molecular formula is C15H24N2O2. The van der Waals surface area contributed by atoms with Crippen LogP contribution < -0.4 is 10.5 Å². The number of hydrogen-bond acceptors (Lipinski definition) is 4. The van der Waals surface area contributed by atoms with Gasteiger partial charge in [-0.3, -0.25) is 4.98 Å². The zero-order valence-corrected chi connectivity index (χ0v) is 12.1. The largest absolute Gasteiger partial charge is 0.496 e. The predicted molar refractivity (Wildman–Crippen MR) is 75.2 cm³/mol. The summed E-state index contributed by atoms with van der Waals surface area (Å²) in [4.78, 5) is 4.46. The van der Waals surface area contributed by atoms with Gasteiger partial charge in [-0.1, -0.05) is 6.42 Å². The van der Waals surface area contributed by atoms with Gasteiger partial charge in [0.1, 0.15) is 5.75 Å². The number of methoxy groups -OCH3 is 1. The Kier molecular flexibility index (Phi) is 4.77. The lowest BCUT2D eigenvalue weighted by atomic mass is 10.1. The fourth-order valence-corrected chi connectivity index (χ4v) is 2.89. The van der Waals surface area contributed by atoms with Crippen molar-refractivity contribution in [3.05, 3.63) is 23.0 Å². The Morgan fingerprint density at radius 2 is 2.16 bits per heavy atom. The molecule has 2 rings (SSSR count). The molecule has 0 amide bonds. The quantitative estimate of drug-likeness (QED) is 0.887. The van der Waals surface area contributed by atoms with Gasteiger partial charge in [0, 0.05) is 17.3 Å².